The van der Waals surface area contributed by atoms with Gasteiger partial charge in [-0.3, -0.25) is 0 Å². The molecule has 0 atom stereocenters. The standard InChI is InChI=1S/C7H12F3NS/c8-7(9,10)12-5-1-4-11-6-2-3-6/h6,11H,1-5H2. The first kappa shape index (κ1) is 10.2. The van der Waals surface area contributed by atoms with Gasteiger partial charge in [-0.1, -0.05) is 11.8 Å². The van der Waals surface area contributed by atoms with E-state index in [0.29, 0.717) is 19.0 Å². The van der Waals surface area contributed by atoms with Gasteiger partial charge in [-0.05, 0) is 25.8 Å². The fourth-order valence-corrected chi connectivity index (χ4v) is 1.37. The highest BCUT2D eigenvalue weighted by molar-refractivity contribution is 8.00. The summed E-state index contributed by atoms with van der Waals surface area (Å²) in [5.41, 5.74) is -4.06. The van der Waals surface area contributed by atoms with E-state index in [-0.39, 0.29) is 17.5 Å². The van der Waals surface area contributed by atoms with Crippen LogP contribution in [0.1, 0.15) is 19.3 Å². The third-order valence-corrected chi connectivity index (χ3v) is 2.42. The van der Waals surface area contributed by atoms with E-state index < -0.39 is 5.51 Å². The van der Waals surface area contributed by atoms with Crippen molar-refractivity contribution in [1.82, 2.24) is 5.32 Å². The molecule has 1 nitrogen and oxygen atoms in total. The monoisotopic (exact) mass is 199 g/mol. The van der Waals surface area contributed by atoms with Crippen LogP contribution < -0.4 is 5.32 Å². The van der Waals surface area contributed by atoms with Crippen LogP contribution in [-0.2, 0) is 0 Å². The van der Waals surface area contributed by atoms with E-state index in [4.69, 9.17) is 0 Å². The summed E-state index contributed by atoms with van der Waals surface area (Å²) >= 11 is 0.0656. The van der Waals surface area contributed by atoms with Crippen LogP contribution in [0.15, 0.2) is 0 Å². The van der Waals surface area contributed by atoms with Gasteiger partial charge in [0.25, 0.3) is 0 Å². The molecule has 1 aliphatic rings. The zero-order chi connectivity index (χ0) is 9.03. The normalized spacial score (nSPS) is 18.2. The maximum Gasteiger partial charge on any atom is 0.441 e. The van der Waals surface area contributed by atoms with Crippen LogP contribution in [-0.4, -0.2) is 23.8 Å². The van der Waals surface area contributed by atoms with Crippen LogP contribution >= 0.6 is 11.8 Å². The SMILES string of the molecule is FC(F)(F)SCCCNC1CC1. The molecule has 1 fully saturated rings. The predicted molar refractivity (Wildman–Crippen MR) is 44.2 cm³/mol. The van der Waals surface area contributed by atoms with E-state index in [1.165, 1.54) is 12.8 Å². The number of thioether (sulfide) groups is 1. The van der Waals surface area contributed by atoms with Gasteiger partial charge in [0.15, 0.2) is 0 Å². The summed E-state index contributed by atoms with van der Waals surface area (Å²) in [7, 11) is 0. The Kier molecular flexibility index (Phi) is 3.71. The second-order valence-corrected chi connectivity index (χ2v) is 4.04. The van der Waals surface area contributed by atoms with Gasteiger partial charge in [0.05, 0.1) is 0 Å². The minimum Gasteiger partial charge on any atom is -0.314 e. The van der Waals surface area contributed by atoms with E-state index in [1.807, 2.05) is 0 Å². The van der Waals surface area contributed by atoms with Gasteiger partial charge in [-0.2, -0.15) is 13.2 Å². The summed E-state index contributed by atoms with van der Waals surface area (Å²) in [6.45, 7) is 0.716. The van der Waals surface area contributed by atoms with Crippen molar-refractivity contribution in [3.63, 3.8) is 0 Å². The lowest BCUT2D eigenvalue weighted by Crippen LogP contribution is -2.18. The number of halogens is 3. The van der Waals surface area contributed by atoms with Crippen LogP contribution in [0, 0.1) is 0 Å². The number of alkyl halides is 3. The van der Waals surface area contributed by atoms with Crippen LogP contribution in [0.5, 0.6) is 0 Å². The molecule has 0 radical (unpaired) electrons. The third-order valence-electron chi connectivity index (χ3n) is 1.60. The molecule has 0 aromatic rings. The van der Waals surface area contributed by atoms with Crippen LogP contribution in [0.2, 0.25) is 0 Å². The molecular weight excluding hydrogens is 187 g/mol. The number of rotatable bonds is 5. The molecule has 0 heterocycles. The van der Waals surface area contributed by atoms with Gasteiger partial charge >= 0.3 is 5.51 Å². The average Bonchev–Trinajstić information content (AvgIpc) is 2.68. The summed E-state index contributed by atoms with van der Waals surface area (Å²) in [4.78, 5) is 0. The maximum absolute atomic E-state index is 11.6. The molecule has 5 heteroatoms. The molecule has 12 heavy (non-hydrogen) atoms. The molecule has 0 bridgehead atoms. The van der Waals surface area contributed by atoms with Gasteiger partial charge in [0.2, 0.25) is 0 Å². The van der Waals surface area contributed by atoms with E-state index in [2.05, 4.69) is 5.32 Å². The van der Waals surface area contributed by atoms with Gasteiger partial charge in [-0.25, -0.2) is 0 Å². The smallest absolute Gasteiger partial charge is 0.314 e. The molecule has 1 N–H and O–H groups in total. The van der Waals surface area contributed by atoms with Gasteiger partial charge in [-0.15, -0.1) is 0 Å². The maximum atomic E-state index is 11.6. The Morgan fingerprint density at radius 2 is 2.00 bits per heavy atom. The summed E-state index contributed by atoms with van der Waals surface area (Å²) in [6, 6.07) is 0.598. The Bertz CT molecular complexity index is 133. The van der Waals surface area contributed by atoms with Gasteiger partial charge < -0.3 is 5.32 Å². The lowest BCUT2D eigenvalue weighted by molar-refractivity contribution is -0.0327. The molecule has 72 valence electrons. The van der Waals surface area contributed by atoms with Crippen LogP contribution in [0.25, 0.3) is 0 Å². The lowest BCUT2D eigenvalue weighted by atomic mass is 10.5. The number of hydrogen-bond donors (Lipinski definition) is 1. The van der Waals surface area contributed by atoms with Crippen LogP contribution in [0.3, 0.4) is 0 Å². The lowest BCUT2D eigenvalue weighted by Gasteiger charge is -2.05. The molecule has 0 amide bonds. The largest absolute Gasteiger partial charge is 0.441 e. The minimum atomic E-state index is -4.06. The first-order valence-electron chi connectivity index (χ1n) is 4.02. The highest BCUT2D eigenvalue weighted by atomic mass is 32.2. The molecule has 1 saturated carbocycles. The molecule has 0 aromatic carbocycles. The highest BCUT2D eigenvalue weighted by Gasteiger charge is 2.27. The molecule has 0 aliphatic heterocycles. The first-order valence-corrected chi connectivity index (χ1v) is 5.00. The van der Waals surface area contributed by atoms with Crippen molar-refractivity contribution in [2.45, 2.75) is 30.8 Å². The van der Waals surface area contributed by atoms with Crippen LogP contribution in [0.4, 0.5) is 13.2 Å². The van der Waals surface area contributed by atoms with E-state index in [1.54, 1.807) is 0 Å². The molecule has 0 aromatic heterocycles. The third kappa shape index (κ3) is 5.71. The summed E-state index contributed by atoms with van der Waals surface area (Å²) in [5, 5.41) is 3.16. The molecule has 0 saturated heterocycles. The topological polar surface area (TPSA) is 12.0 Å². The fraction of sp³-hybridized carbons (Fsp3) is 1.00. The van der Waals surface area contributed by atoms with Gasteiger partial charge in [0.1, 0.15) is 0 Å². The van der Waals surface area contributed by atoms with E-state index in [9.17, 15) is 13.2 Å². The zero-order valence-electron chi connectivity index (χ0n) is 6.66. The number of nitrogens with one attached hydrogen (secondary N) is 1. The second-order valence-electron chi connectivity index (χ2n) is 2.88. The Labute approximate surface area is 74.1 Å². The fourth-order valence-electron chi connectivity index (χ4n) is 0.854. The molecule has 0 unspecified atom stereocenters. The van der Waals surface area contributed by atoms with Crippen molar-refractivity contribution in [2.75, 3.05) is 12.3 Å². The summed E-state index contributed by atoms with van der Waals surface area (Å²) in [6.07, 6.45) is 2.97. The van der Waals surface area contributed by atoms with E-state index in [0.717, 1.165) is 0 Å². The van der Waals surface area contributed by atoms with Crippen molar-refractivity contribution in [3.8, 4) is 0 Å². The number of hydrogen-bond acceptors (Lipinski definition) is 2. The average molecular weight is 199 g/mol. The van der Waals surface area contributed by atoms with Crippen molar-refractivity contribution < 1.29 is 13.2 Å². The van der Waals surface area contributed by atoms with Crippen molar-refractivity contribution in [2.24, 2.45) is 0 Å². The Hall–Kier alpha value is 0.1000. The molecular formula is C7H12F3NS. The Morgan fingerprint density at radius 3 is 2.50 bits per heavy atom. The van der Waals surface area contributed by atoms with Gasteiger partial charge in [0, 0.05) is 11.8 Å². The Balaban J connectivity index is 1.82. The predicted octanol–water partition coefficient (Wildman–Crippen LogP) is 2.38. The van der Waals surface area contributed by atoms with Crippen molar-refractivity contribution in [3.05, 3.63) is 0 Å². The highest BCUT2D eigenvalue weighted by Crippen LogP contribution is 2.30. The second kappa shape index (κ2) is 4.37. The summed E-state index contributed by atoms with van der Waals surface area (Å²) < 4.78 is 34.8. The quantitative estimate of drug-likeness (QED) is 0.682. The van der Waals surface area contributed by atoms with Crippen molar-refractivity contribution >= 4 is 11.8 Å². The van der Waals surface area contributed by atoms with E-state index >= 15 is 0 Å². The zero-order valence-corrected chi connectivity index (χ0v) is 7.47. The summed E-state index contributed by atoms with van der Waals surface area (Å²) in [5.74, 6) is 0.170. The Morgan fingerprint density at radius 1 is 1.33 bits per heavy atom. The molecule has 1 aliphatic carbocycles. The molecule has 1 rings (SSSR count). The molecule has 0 spiro atoms. The first-order chi connectivity index (χ1) is 5.58. The van der Waals surface area contributed by atoms with Crippen molar-refractivity contribution in [1.29, 1.82) is 0 Å². The minimum absolute atomic E-state index is 0.0656.